The normalized spacial score (nSPS) is 21.0. The Bertz CT molecular complexity index is 5680. The van der Waals surface area contributed by atoms with Gasteiger partial charge in [0.1, 0.15) is 14.2 Å². The highest BCUT2D eigenvalue weighted by Crippen LogP contribution is 2.58. The molecule has 6 aliphatic rings. The highest BCUT2D eigenvalue weighted by atomic mass is 79.9. The third-order valence-electron chi connectivity index (χ3n) is 24.9. The van der Waals surface area contributed by atoms with E-state index in [1.165, 1.54) is 35.3 Å². The Kier molecular flexibility index (Phi) is 32.2. The SMILES string of the molecule is Cc1ccc(S[C@]2(C(=O)NCCCN3CCOCC3)CC(=O)N(Cc3ccc(Cl)cc3)[C@H]2c2c[nH]c3cc(Br)ccc23)cc1.O=C1C[C@@](Sc2ccccc2)(C(=O)NCCCN2CCOCC2)[C@H](c2c[nH]c3ccc(Br)cc23)N1Cc1ccc(Cl)cc1.O=C1C[C@](Sc2ccccc2)(C(=O)NCCCN2CCOCC2)[C@H](c2c[nH]c3ccc(Br)cc23)N1Cc1ccc(Cl)cc1. The zero-order chi connectivity index (χ0) is 90.3. The highest BCUT2D eigenvalue weighted by Gasteiger charge is 2.62. The van der Waals surface area contributed by atoms with E-state index in [9.17, 15) is 28.8 Å². The van der Waals surface area contributed by atoms with Gasteiger partial charge in [-0.3, -0.25) is 43.5 Å². The largest absolute Gasteiger partial charge is 0.379 e. The zero-order valence-electron chi connectivity index (χ0n) is 72.1. The van der Waals surface area contributed by atoms with Crippen LogP contribution in [-0.2, 0) is 62.6 Å². The van der Waals surface area contributed by atoms with Crippen LogP contribution in [-0.4, -0.2) is 212 Å². The molecule has 6 amide bonds. The molecule has 6 atom stereocenters. The lowest BCUT2D eigenvalue weighted by atomic mass is 9.91. The number of thioether (sulfide) groups is 3. The average molecular weight is 2060 g/mol. The zero-order valence-corrected chi connectivity index (χ0v) is 81.6. The van der Waals surface area contributed by atoms with Crippen molar-refractivity contribution in [2.24, 2.45) is 0 Å². The summed E-state index contributed by atoms with van der Waals surface area (Å²) in [4.78, 5) is 112. The molecule has 0 bridgehead atoms. The fourth-order valence-electron chi connectivity index (χ4n) is 18.3. The van der Waals surface area contributed by atoms with E-state index in [4.69, 9.17) is 49.0 Å². The van der Waals surface area contributed by atoms with Crippen LogP contribution in [0.15, 0.2) is 259 Å². The summed E-state index contributed by atoms with van der Waals surface area (Å²) in [6.07, 6.45) is 8.61. The summed E-state index contributed by atoms with van der Waals surface area (Å²) in [6.45, 7) is 17.4. The summed E-state index contributed by atoms with van der Waals surface area (Å²) in [5.74, 6) is -0.533. The first kappa shape index (κ1) is 94.7. The first-order valence-corrected chi connectivity index (χ1v) is 50.0. The standard InChI is InChI=1S/C34H36BrClN4O3S.2C33H34BrClN4O3S/c1-23-3-10-27(11-4-23)44-34(33(42)37-13-2-14-39-15-17-43-18-16-39)20-31(41)40(22-24-5-8-26(36)9-6-24)32(34)29-21-38-30-19-25(35)7-12-28(29)30;2*34-24-9-12-29-27(19-24)28(21-37-29)31-33(43-26-5-2-1-3-6-26,32(41)36-13-4-14-38-15-17-42-18-16-38)20-30(40)39(31)22-23-7-10-25(35)11-8-23/h3-12,19,21,32,38H,2,13-18,20,22H2,1H3,(H,37,42);2*1-3,5-12,19,21,31,37H,4,13-18,20,22H2,(H,36,41)/t32-,34+;31-,33+;31-,33-/m000/s1. The molecule has 6 fully saturated rings. The van der Waals surface area contributed by atoms with E-state index < -0.39 is 32.4 Å². The molecule has 0 unspecified atom stereocenters. The minimum Gasteiger partial charge on any atom is -0.379 e. The predicted octanol–water partition coefficient (Wildman–Crippen LogP) is 19.6. The molecule has 0 radical (unpaired) electrons. The van der Waals surface area contributed by atoms with Crippen molar-refractivity contribution in [2.45, 2.75) is 112 Å². The number of H-pyrrole nitrogens is 3. The fraction of sp³-hybridized carbons (Fsp3) is 0.340. The minimum atomic E-state index is -1.10. The summed E-state index contributed by atoms with van der Waals surface area (Å²) in [5.41, 5.74) is 9.62. The van der Waals surface area contributed by atoms with Crippen molar-refractivity contribution in [3.05, 3.63) is 298 Å². The number of benzene rings is 9. The van der Waals surface area contributed by atoms with Crippen LogP contribution in [0.5, 0.6) is 0 Å². The lowest BCUT2D eigenvalue weighted by molar-refractivity contribution is -0.130. The molecule has 6 saturated heterocycles. The second kappa shape index (κ2) is 44.1. The number of hydrogen-bond donors (Lipinski definition) is 6. The van der Waals surface area contributed by atoms with Crippen LogP contribution in [0.1, 0.15) is 95.6 Å². The van der Waals surface area contributed by atoms with E-state index in [2.05, 4.69) is 124 Å². The van der Waals surface area contributed by atoms with Gasteiger partial charge in [0, 0.05) is 190 Å². The Labute approximate surface area is 811 Å². The van der Waals surface area contributed by atoms with Crippen molar-refractivity contribution in [1.82, 2.24) is 60.3 Å². The monoisotopic (exact) mass is 2050 g/mol. The van der Waals surface area contributed by atoms with Crippen LogP contribution in [0.25, 0.3) is 32.7 Å². The first-order chi connectivity index (χ1) is 63.2. The van der Waals surface area contributed by atoms with Crippen molar-refractivity contribution in [2.75, 3.05) is 118 Å². The molecular formula is C100H104Br3Cl3N12O9S3. The van der Waals surface area contributed by atoms with Crippen molar-refractivity contribution < 1.29 is 43.0 Å². The van der Waals surface area contributed by atoms with Gasteiger partial charge in [-0.05, 0) is 184 Å². The number of aromatic nitrogens is 3. The van der Waals surface area contributed by atoms with E-state index in [-0.39, 0.29) is 54.7 Å². The molecule has 21 nitrogen and oxygen atoms in total. The van der Waals surface area contributed by atoms with Gasteiger partial charge in [0.15, 0.2) is 0 Å². The molecule has 0 spiro atoms. The minimum absolute atomic E-state index is 0.0560. The van der Waals surface area contributed by atoms with Crippen molar-refractivity contribution in [3.63, 3.8) is 0 Å². The number of hydrogen-bond acceptors (Lipinski definition) is 15. The molecule has 9 heterocycles. The van der Waals surface area contributed by atoms with Gasteiger partial charge in [-0.25, -0.2) is 0 Å². The summed E-state index contributed by atoms with van der Waals surface area (Å²) in [5, 5.41) is 14.6. The van der Waals surface area contributed by atoms with Gasteiger partial charge in [0.2, 0.25) is 35.4 Å². The third kappa shape index (κ3) is 22.6. The number of rotatable bonds is 30. The number of amides is 6. The van der Waals surface area contributed by atoms with Crippen LogP contribution in [0, 0.1) is 6.92 Å². The number of fused-ring (bicyclic) bond motifs is 3. The Morgan fingerprint density at radius 3 is 1.04 bits per heavy atom. The maximum atomic E-state index is 14.6. The van der Waals surface area contributed by atoms with E-state index in [0.29, 0.717) is 54.3 Å². The molecule has 130 heavy (non-hydrogen) atoms. The lowest BCUT2D eigenvalue weighted by Crippen LogP contribution is -2.48. The smallest absolute Gasteiger partial charge is 0.239 e. The number of carbonyl (C=O) groups excluding carboxylic acids is 6. The predicted molar refractivity (Wildman–Crippen MR) is 531 cm³/mol. The van der Waals surface area contributed by atoms with E-state index >= 15 is 0 Å². The molecule has 9 aromatic carbocycles. The summed E-state index contributed by atoms with van der Waals surface area (Å²) in [7, 11) is 0. The van der Waals surface area contributed by atoms with Gasteiger partial charge in [0.05, 0.1) is 77.0 Å². The maximum Gasteiger partial charge on any atom is 0.239 e. The topological polar surface area (TPSA) is 233 Å². The Hall–Kier alpha value is -8.46. The Balaban J connectivity index is 0.000000143. The van der Waals surface area contributed by atoms with Crippen molar-refractivity contribution in [3.8, 4) is 0 Å². The summed E-state index contributed by atoms with van der Waals surface area (Å²) in [6, 6.07) is 67.3. The molecule has 6 N–H and O–H groups in total. The molecule has 18 rings (SSSR count). The van der Waals surface area contributed by atoms with E-state index in [1.807, 2.05) is 222 Å². The van der Waals surface area contributed by atoms with Crippen LogP contribution in [0.3, 0.4) is 0 Å². The number of aryl methyl sites for hydroxylation is 1. The third-order valence-corrected chi connectivity index (χ3v) is 31.4. The average Bonchev–Trinajstić information content (AvgIpc) is 1.58. The highest BCUT2D eigenvalue weighted by molar-refractivity contribution is 9.11. The van der Waals surface area contributed by atoms with Gasteiger partial charge in [-0.2, -0.15) is 0 Å². The number of carbonyl (C=O) groups is 6. The van der Waals surface area contributed by atoms with Crippen LogP contribution >= 0.6 is 118 Å². The first-order valence-electron chi connectivity index (χ1n) is 44.1. The second-order valence-corrected chi connectivity index (χ2v) is 41.9. The molecule has 678 valence electrons. The van der Waals surface area contributed by atoms with E-state index in [1.54, 1.807) is 0 Å². The molecule has 0 aliphatic carbocycles. The van der Waals surface area contributed by atoms with Gasteiger partial charge in [-0.15, -0.1) is 35.3 Å². The van der Waals surface area contributed by atoms with Gasteiger partial charge >= 0.3 is 0 Å². The molecular weight excluding hydrogens is 1960 g/mol. The number of nitrogens with zero attached hydrogens (tertiary/aromatic N) is 6. The number of ether oxygens (including phenoxy) is 3. The van der Waals surface area contributed by atoms with Crippen LogP contribution in [0.2, 0.25) is 15.1 Å². The van der Waals surface area contributed by atoms with E-state index in [0.717, 1.165) is 218 Å². The molecule has 6 aliphatic heterocycles. The van der Waals surface area contributed by atoms with Gasteiger partial charge < -0.3 is 59.8 Å². The van der Waals surface area contributed by atoms with Crippen molar-refractivity contribution in [1.29, 1.82) is 0 Å². The number of likely N-dealkylation sites (tertiary alicyclic amines) is 3. The van der Waals surface area contributed by atoms with Crippen molar-refractivity contribution >= 4 is 186 Å². The number of morpholine rings is 3. The molecule has 3 aromatic heterocycles. The quantitative estimate of drug-likeness (QED) is 0.0230. The Morgan fingerprint density at radius 1 is 0.385 bits per heavy atom. The number of nitrogens with one attached hydrogen (secondary N) is 6. The molecule has 0 saturated carbocycles. The fourth-order valence-corrected chi connectivity index (χ4v) is 24.1. The number of aromatic amines is 3. The molecule has 12 aromatic rings. The lowest BCUT2D eigenvalue weighted by Gasteiger charge is -2.36. The summed E-state index contributed by atoms with van der Waals surface area (Å²) < 4.78 is 16.0. The van der Waals surface area contributed by atoms with Gasteiger partial charge in [0.25, 0.3) is 0 Å². The van der Waals surface area contributed by atoms with Crippen LogP contribution < -0.4 is 16.0 Å². The Morgan fingerprint density at radius 2 is 0.692 bits per heavy atom. The molecule has 30 heteroatoms. The number of halogens is 6. The second-order valence-electron chi connectivity index (χ2n) is 33.6. The maximum absolute atomic E-state index is 14.6. The summed E-state index contributed by atoms with van der Waals surface area (Å²) >= 11 is 33.9. The van der Waals surface area contributed by atoms with Crippen LogP contribution in [0.4, 0.5) is 0 Å². The van der Waals surface area contributed by atoms with Gasteiger partial charge in [-0.1, -0.05) is 179 Å².